The van der Waals surface area contributed by atoms with Crippen LogP contribution in [0.4, 0.5) is 5.82 Å². The van der Waals surface area contributed by atoms with E-state index in [-0.39, 0.29) is 18.9 Å². The zero-order chi connectivity index (χ0) is 29.4. The number of nitrogens with one attached hydrogen (secondary N) is 1. The summed E-state index contributed by atoms with van der Waals surface area (Å²) in [4.78, 5) is 22.9. The standard InChI is InChI=1S/C31H45ClN6O3/c1-6-27-21-37(30-22(2)19-25(20-34-30)23(3)33-13-14-35-39)17-18-38(27)28-11-15-36(16-12-28)29(31(40-4)41-5)24-7-9-26(32)10-8-24/h7-10,19-20,27-29,31,33H,3,6,11-18,21H2,1-2,4-5H3. The SMILES string of the molecule is C=C(NCCN=O)c1cnc(N2CCN(C3CCN(C(c4ccc(Cl)cc4)C(OC)OC)CC3)C(CC)C2)c(C)c1. The Morgan fingerprint density at radius 3 is 2.49 bits per heavy atom. The molecule has 2 aromatic rings. The van der Waals surface area contributed by atoms with Crippen LogP contribution in [0.1, 0.15) is 48.9 Å². The molecule has 224 valence electrons. The topological polar surface area (TPSA) is 82.5 Å². The van der Waals surface area contributed by atoms with Gasteiger partial charge < -0.3 is 19.7 Å². The molecule has 0 saturated carbocycles. The fraction of sp³-hybridized carbons (Fsp3) is 0.581. The van der Waals surface area contributed by atoms with Gasteiger partial charge in [0, 0.05) is 88.1 Å². The molecule has 4 rings (SSSR count). The van der Waals surface area contributed by atoms with Crippen LogP contribution in [0.15, 0.2) is 48.3 Å². The number of aryl methyl sites for hydroxylation is 1. The number of halogens is 1. The van der Waals surface area contributed by atoms with Crippen molar-refractivity contribution in [2.24, 2.45) is 5.18 Å². The molecule has 2 atom stereocenters. The van der Waals surface area contributed by atoms with Crippen LogP contribution in [0.3, 0.4) is 0 Å². The summed E-state index contributed by atoms with van der Waals surface area (Å²) in [6, 6.07) is 11.2. The van der Waals surface area contributed by atoms with Crippen molar-refractivity contribution in [1.29, 1.82) is 0 Å². The van der Waals surface area contributed by atoms with Gasteiger partial charge in [0.25, 0.3) is 0 Å². The van der Waals surface area contributed by atoms with Gasteiger partial charge in [-0.2, -0.15) is 4.91 Å². The number of anilines is 1. The van der Waals surface area contributed by atoms with E-state index in [4.69, 9.17) is 26.1 Å². The summed E-state index contributed by atoms with van der Waals surface area (Å²) in [5, 5.41) is 6.77. The number of rotatable bonds is 13. The molecular formula is C31H45ClN6O3. The molecular weight excluding hydrogens is 540 g/mol. The van der Waals surface area contributed by atoms with E-state index in [1.54, 1.807) is 14.2 Å². The Morgan fingerprint density at radius 2 is 1.88 bits per heavy atom. The molecule has 2 aliphatic rings. The minimum absolute atomic E-state index is 0.0204. The molecule has 0 radical (unpaired) electrons. The molecule has 10 heteroatoms. The minimum atomic E-state index is -0.344. The lowest BCUT2D eigenvalue weighted by atomic mass is 9.95. The Morgan fingerprint density at radius 1 is 1.17 bits per heavy atom. The van der Waals surface area contributed by atoms with Crippen molar-refractivity contribution >= 4 is 23.1 Å². The summed E-state index contributed by atoms with van der Waals surface area (Å²) in [6.07, 6.45) is 4.85. The number of methoxy groups -OCH3 is 2. The van der Waals surface area contributed by atoms with Gasteiger partial charge in [0.05, 0.1) is 12.6 Å². The molecule has 3 heterocycles. The van der Waals surface area contributed by atoms with E-state index in [0.29, 0.717) is 18.6 Å². The highest BCUT2D eigenvalue weighted by Gasteiger charge is 2.37. The van der Waals surface area contributed by atoms with Gasteiger partial charge in [-0.3, -0.25) is 9.80 Å². The van der Waals surface area contributed by atoms with E-state index in [2.05, 4.69) is 63.8 Å². The zero-order valence-electron chi connectivity index (χ0n) is 24.9. The van der Waals surface area contributed by atoms with Crippen LogP contribution >= 0.6 is 11.6 Å². The van der Waals surface area contributed by atoms with Crippen molar-refractivity contribution in [1.82, 2.24) is 20.1 Å². The number of aromatic nitrogens is 1. The van der Waals surface area contributed by atoms with E-state index in [1.165, 1.54) is 0 Å². The molecule has 2 unspecified atom stereocenters. The van der Waals surface area contributed by atoms with Gasteiger partial charge in [-0.25, -0.2) is 4.98 Å². The number of pyridine rings is 1. The number of nitroso groups, excluding NO2 is 1. The Bertz CT molecular complexity index is 1140. The lowest BCUT2D eigenvalue weighted by Gasteiger charge is -2.49. The van der Waals surface area contributed by atoms with Crippen molar-refractivity contribution in [3.05, 3.63) is 69.7 Å². The molecule has 2 fully saturated rings. The highest BCUT2D eigenvalue weighted by molar-refractivity contribution is 6.30. The lowest BCUT2D eigenvalue weighted by Crippen LogP contribution is -2.59. The molecule has 41 heavy (non-hydrogen) atoms. The second-order valence-electron chi connectivity index (χ2n) is 11.0. The average Bonchev–Trinajstić information content (AvgIpc) is 3.00. The van der Waals surface area contributed by atoms with Gasteiger partial charge in [0.2, 0.25) is 0 Å². The monoisotopic (exact) mass is 584 g/mol. The van der Waals surface area contributed by atoms with Gasteiger partial charge in [-0.15, -0.1) is 0 Å². The molecule has 1 aromatic heterocycles. The number of likely N-dealkylation sites (tertiary alicyclic amines) is 1. The molecule has 0 amide bonds. The van der Waals surface area contributed by atoms with Gasteiger partial charge in [0.1, 0.15) is 5.82 Å². The maximum Gasteiger partial charge on any atom is 0.176 e. The molecule has 0 bridgehead atoms. The summed E-state index contributed by atoms with van der Waals surface area (Å²) in [5.41, 5.74) is 4.00. The summed E-state index contributed by atoms with van der Waals surface area (Å²) in [6.45, 7) is 14.1. The number of benzene rings is 1. The fourth-order valence-electron chi connectivity index (χ4n) is 6.37. The first kappa shape index (κ1) is 31.4. The summed E-state index contributed by atoms with van der Waals surface area (Å²) in [5.74, 6) is 1.04. The number of nitrogens with zero attached hydrogens (tertiary/aromatic N) is 5. The Kier molecular flexibility index (Phi) is 11.5. The van der Waals surface area contributed by atoms with E-state index >= 15 is 0 Å². The van der Waals surface area contributed by atoms with Crippen LogP contribution < -0.4 is 10.2 Å². The second kappa shape index (κ2) is 15.1. The maximum absolute atomic E-state index is 10.4. The van der Waals surface area contributed by atoms with Crippen molar-refractivity contribution in [3.8, 4) is 0 Å². The van der Waals surface area contributed by atoms with Gasteiger partial charge in [-0.05, 0) is 55.5 Å². The Balaban J connectivity index is 1.38. The molecule has 2 aliphatic heterocycles. The summed E-state index contributed by atoms with van der Waals surface area (Å²) < 4.78 is 11.5. The third-order valence-electron chi connectivity index (χ3n) is 8.54. The van der Waals surface area contributed by atoms with Crippen molar-refractivity contribution in [2.75, 3.05) is 64.9 Å². The molecule has 0 aliphatic carbocycles. The van der Waals surface area contributed by atoms with Crippen LogP contribution in [0.5, 0.6) is 0 Å². The molecule has 2 saturated heterocycles. The second-order valence-corrected chi connectivity index (χ2v) is 11.4. The minimum Gasteiger partial charge on any atom is -0.383 e. The van der Waals surface area contributed by atoms with Crippen molar-refractivity contribution in [3.63, 3.8) is 0 Å². The molecule has 0 spiro atoms. The normalized spacial score (nSPS) is 19.9. The van der Waals surface area contributed by atoms with Crippen LogP contribution in [0.25, 0.3) is 5.70 Å². The maximum atomic E-state index is 10.4. The van der Waals surface area contributed by atoms with Crippen LogP contribution in [-0.2, 0) is 9.47 Å². The predicted octanol–water partition coefficient (Wildman–Crippen LogP) is 5.10. The number of piperazine rings is 1. The highest BCUT2D eigenvalue weighted by atomic mass is 35.5. The largest absolute Gasteiger partial charge is 0.383 e. The van der Waals surface area contributed by atoms with Crippen molar-refractivity contribution in [2.45, 2.75) is 57.5 Å². The van der Waals surface area contributed by atoms with Crippen LogP contribution in [-0.4, -0.2) is 93.2 Å². The van der Waals surface area contributed by atoms with Gasteiger partial charge >= 0.3 is 0 Å². The van der Waals surface area contributed by atoms with Crippen molar-refractivity contribution < 1.29 is 9.47 Å². The van der Waals surface area contributed by atoms with E-state index in [0.717, 1.165) is 85.2 Å². The van der Waals surface area contributed by atoms with Crippen LogP contribution in [0.2, 0.25) is 5.02 Å². The Labute approximate surface area is 249 Å². The fourth-order valence-corrected chi connectivity index (χ4v) is 6.50. The number of piperidine rings is 1. The summed E-state index contributed by atoms with van der Waals surface area (Å²) in [7, 11) is 3.42. The van der Waals surface area contributed by atoms with Crippen LogP contribution in [0, 0.1) is 11.8 Å². The first-order valence-corrected chi connectivity index (χ1v) is 15.0. The highest BCUT2D eigenvalue weighted by Crippen LogP contribution is 2.33. The number of ether oxygens (including phenoxy) is 2. The Hall–Kier alpha value is -2.56. The van der Waals surface area contributed by atoms with E-state index in [9.17, 15) is 4.91 Å². The average molecular weight is 585 g/mol. The van der Waals surface area contributed by atoms with E-state index in [1.807, 2.05) is 18.3 Å². The third kappa shape index (κ3) is 7.64. The van der Waals surface area contributed by atoms with Gasteiger partial charge in [0.15, 0.2) is 6.29 Å². The number of hydrogen-bond acceptors (Lipinski definition) is 9. The van der Waals surface area contributed by atoms with Gasteiger partial charge in [-0.1, -0.05) is 42.4 Å². The molecule has 9 nitrogen and oxygen atoms in total. The smallest absolute Gasteiger partial charge is 0.176 e. The molecule has 1 aromatic carbocycles. The lowest BCUT2D eigenvalue weighted by molar-refractivity contribution is -0.153. The number of hydrogen-bond donors (Lipinski definition) is 1. The quantitative estimate of drug-likeness (QED) is 0.198. The first-order chi connectivity index (χ1) is 19.9. The third-order valence-corrected chi connectivity index (χ3v) is 8.79. The predicted molar refractivity (Wildman–Crippen MR) is 166 cm³/mol. The van der Waals surface area contributed by atoms with E-state index < -0.39 is 0 Å². The first-order valence-electron chi connectivity index (χ1n) is 14.6. The summed E-state index contributed by atoms with van der Waals surface area (Å²) >= 11 is 6.17. The zero-order valence-corrected chi connectivity index (χ0v) is 25.6. The molecule has 1 N–H and O–H groups in total.